The molecule has 5 rings (SSSR count). The molecule has 1 heterocycles. The molecule has 0 bridgehead atoms. The van der Waals surface area contributed by atoms with Crippen LogP contribution in [0.2, 0.25) is 0 Å². The van der Waals surface area contributed by atoms with E-state index in [0.29, 0.717) is 40.2 Å². The van der Waals surface area contributed by atoms with E-state index in [4.69, 9.17) is 9.47 Å². The molecule has 1 saturated heterocycles. The van der Waals surface area contributed by atoms with E-state index in [1.165, 1.54) is 37.3 Å². The average Bonchev–Trinajstić information content (AvgIpc) is 3.10. The molecule has 2 amide bonds. The summed E-state index contributed by atoms with van der Waals surface area (Å²) in [5.74, 6) is -2.75. The van der Waals surface area contributed by atoms with E-state index in [0.717, 1.165) is 5.57 Å². The summed E-state index contributed by atoms with van der Waals surface area (Å²) >= 11 is 0. The Morgan fingerprint density at radius 2 is 1.59 bits per heavy atom. The first kappa shape index (κ1) is 25.0. The van der Waals surface area contributed by atoms with Crippen molar-refractivity contribution >= 4 is 23.4 Å². The molecular formula is C29H31NO7. The lowest BCUT2D eigenvalue weighted by atomic mass is 9.59. The molecule has 0 spiro atoms. The number of allylic oxidation sites excluding steroid dienone is 6. The molecule has 0 unspecified atom stereocenters. The van der Waals surface area contributed by atoms with Gasteiger partial charge in [0.05, 0.1) is 26.1 Å². The summed E-state index contributed by atoms with van der Waals surface area (Å²) in [5.41, 5.74) is 1.67. The van der Waals surface area contributed by atoms with Crippen LogP contribution in [-0.4, -0.2) is 53.1 Å². The summed E-state index contributed by atoms with van der Waals surface area (Å²) in [4.78, 5) is 55.4. The van der Waals surface area contributed by atoms with Crippen LogP contribution in [0.25, 0.3) is 0 Å². The largest absolute Gasteiger partial charge is 0.508 e. The highest BCUT2D eigenvalue weighted by molar-refractivity contribution is 6.24. The van der Waals surface area contributed by atoms with Crippen LogP contribution in [0, 0.1) is 17.8 Å². The predicted molar refractivity (Wildman–Crippen MR) is 134 cm³/mol. The molecule has 1 aromatic carbocycles. The van der Waals surface area contributed by atoms with Crippen molar-refractivity contribution < 1.29 is 33.8 Å². The van der Waals surface area contributed by atoms with Crippen LogP contribution in [0.1, 0.15) is 52.0 Å². The zero-order chi connectivity index (χ0) is 27.0. The van der Waals surface area contributed by atoms with Crippen molar-refractivity contribution in [1.82, 2.24) is 4.90 Å². The van der Waals surface area contributed by atoms with E-state index in [2.05, 4.69) is 0 Å². The van der Waals surface area contributed by atoms with Crippen molar-refractivity contribution in [2.24, 2.45) is 17.8 Å². The monoisotopic (exact) mass is 505 g/mol. The zero-order valence-corrected chi connectivity index (χ0v) is 21.9. The summed E-state index contributed by atoms with van der Waals surface area (Å²) in [6.45, 7) is 7.12. The molecule has 0 radical (unpaired) electrons. The molecule has 4 atom stereocenters. The minimum absolute atomic E-state index is 0.0733. The van der Waals surface area contributed by atoms with E-state index in [1.54, 1.807) is 6.92 Å². The fraction of sp³-hybridized carbons (Fsp3) is 0.448. The number of hydrogen-bond acceptors (Lipinski definition) is 7. The number of nitrogens with zero attached hydrogens (tertiary/aromatic N) is 1. The number of hydrogen-bond donors (Lipinski definition) is 1. The lowest BCUT2D eigenvalue weighted by Crippen LogP contribution is -2.46. The van der Waals surface area contributed by atoms with E-state index < -0.39 is 29.2 Å². The van der Waals surface area contributed by atoms with Gasteiger partial charge in [-0.25, -0.2) is 0 Å². The van der Waals surface area contributed by atoms with Crippen LogP contribution >= 0.6 is 0 Å². The highest BCUT2D eigenvalue weighted by Crippen LogP contribution is 2.58. The third-order valence-corrected chi connectivity index (χ3v) is 8.05. The number of carbonyl (C=O) groups excluding carboxylic acids is 4. The van der Waals surface area contributed by atoms with Gasteiger partial charge < -0.3 is 14.6 Å². The highest BCUT2D eigenvalue weighted by atomic mass is 16.5. The number of carbonyl (C=O) groups is 4. The molecule has 37 heavy (non-hydrogen) atoms. The van der Waals surface area contributed by atoms with Gasteiger partial charge in [-0.2, -0.15) is 0 Å². The van der Waals surface area contributed by atoms with E-state index in [1.807, 2.05) is 26.8 Å². The summed E-state index contributed by atoms with van der Waals surface area (Å²) < 4.78 is 11.2. The van der Waals surface area contributed by atoms with Gasteiger partial charge in [-0.3, -0.25) is 24.1 Å². The normalized spacial score (nSPS) is 27.5. The second-order valence-electron chi connectivity index (χ2n) is 11.2. The number of likely N-dealkylation sites (tertiary alicyclic amines) is 1. The van der Waals surface area contributed by atoms with Crippen molar-refractivity contribution in [3.8, 4) is 17.2 Å². The summed E-state index contributed by atoms with van der Waals surface area (Å²) in [7, 11) is 2.91. The number of imide groups is 1. The number of ketones is 2. The molecule has 194 valence electrons. The fourth-order valence-electron chi connectivity index (χ4n) is 6.58. The quantitative estimate of drug-likeness (QED) is 0.379. The minimum atomic E-state index is -0.729. The maximum Gasteiger partial charge on any atom is 0.234 e. The van der Waals surface area contributed by atoms with Crippen LogP contribution in [0.3, 0.4) is 0 Å². The lowest BCUT2D eigenvalue weighted by molar-refractivity contribution is -0.145. The second kappa shape index (κ2) is 8.43. The third-order valence-electron chi connectivity index (χ3n) is 8.05. The van der Waals surface area contributed by atoms with Gasteiger partial charge in [-0.1, -0.05) is 11.6 Å². The van der Waals surface area contributed by atoms with Crippen LogP contribution in [0.15, 0.2) is 46.6 Å². The van der Waals surface area contributed by atoms with Gasteiger partial charge in [0.2, 0.25) is 11.8 Å². The summed E-state index contributed by atoms with van der Waals surface area (Å²) in [6.07, 6.45) is 3.86. The fourth-order valence-corrected chi connectivity index (χ4v) is 6.58. The smallest absolute Gasteiger partial charge is 0.234 e. The average molecular weight is 506 g/mol. The van der Waals surface area contributed by atoms with Gasteiger partial charge in [0, 0.05) is 45.9 Å². The molecule has 8 heteroatoms. The van der Waals surface area contributed by atoms with Crippen molar-refractivity contribution in [2.45, 2.75) is 52.0 Å². The van der Waals surface area contributed by atoms with Crippen molar-refractivity contribution in [1.29, 1.82) is 0 Å². The van der Waals surface area contributed by atoms with Crippen LogP contribution in [-0.2, 0) is 19.2 Å². The second-order valence-corrected chi connectivity index (χ2v) is 11.2. The predicted octanol–water partition coefficient (Wildman–Crippen LogP) is 3.64. The van der Waals surface area contributed by atoms with E-state index in [-0.39, 0.29) is 35.6 Å². The topological polar surface area (TPSA) is 110 Å². The number of benzene rings is 1. The Morgan fingerprint density at radius 3 is 2.16 bits per heavy atom. The first-order valence-electron chi connectivity index (χ1n) is 12.4. The van der Waals surface area contributed by atoms with E-state index >= 15 is 0 Å². The minimum Gasteiger partial charge on any atom is -0.508 e. The molecule has 4 aliphatic rings. The van der Waals surface area contributed by atoms with Crippen LogP contribution in [0.5, 0.6) is 17.2 Å². The van der Waals surface area contributed by atoms with Gasteiger partial charge in [-0.15, -0.1) is 0 Å². The van der Waals surface area contributed by atoms with Crippen LogP contribution in [0.4, 0.5) is 0 Å². The number of ether oxygens (including phenoxy) is 2. The number of aromatic hydroxyl groups is 1. The van der Waals surface area contributed by atoms with Gasteiger partial charge in [0.25, 0.3) is 0 Å². The molecule has 3 aliphatic carbocycles. The van der Waals surface area contributed by atoms with E-state index in [9.17, 15) is 24.3 Å². The number of methoxy groups -OCH3 is 2. The Hall–Kier alpha value is -3.68. The Balaban J connectivity index is 1.76. The number of rotatable bonds is 3. The molecule has 1 fully saturated rings. The lowest BCUT2D eigenvalue weighted by Gasteiger charge is -2.42. The number of fused-ring (bicyclic) bond motifs is 3. The maximum atomic E-state index is 13.8. The SMILES string of the molecule is COc1cc(O)cc(OC)c1[C@H]1C2=CC[C@@H]3C(=O)N(C(C)(C)C)C(=O)[C@@H]3[C@@H]2CC2=C1C(=O)C=C(C)C2=O. The molecule has 8 nitrogen and oxygen atoms in total. The molecule has 1 N–H and O–H groups in total. The number of phenolic OH excluding ortho intramolecular Hbond substituents is 1. The Morgan fingerprint density at radius 1 is 0.973 bits per heavy atom. The zero-order valence-electron chi connectivity index (χ0n) is 21.9. The number of Topliss-reactive ketones (excluding diaryl/α,β-unsaturated/α-hetero) is 1. The molecule has 1 aromatic rings. The van der Waals surface area contributed by atoms with Gasteiger partial charge in [0.1, 0.15) is 17.2 Å². The third kappa shape index (κ3) is 3.56. The van der Waals surface area contributed by atoms with Crippen molar-refractivity contribution in [2.75, 3.05) is 14.2 Å². The van der Waals surface area contributed by atoms with Crippen LogP contribution < -0.4 is 9.47 Å². The summed E-state index contributed by atoms with van der Waals surface area (Å²) in [5, 5.41) is 10.3. The standard InChI is InChI=1S/C29H31NO7/c1-13-9-19(32)23-18(26(13)33)12-17-15(24(23)25-20(36-5)10-14(31)11-21(25)37-6)7-8-16-22(17)28(35)30(27(16)34)29(2,3)4/h7,9-11,16-17,22,24,31H,8,12H2,1-6H3/t16-,17+,22-,24-/m0/s1. The highest BCUT2D eigenvalue weighted by Gasteiger charge is 2.58. The van der Waals surface area contributed by atoms with Gasteiger partial charge >= 0.3 is 0 Å². The first-order chi connectivity index (χ1) is 17.4. The molecular weight excluding hydrogens is 474 g/mol. The first-order valence-corrected chi connectivity index (χ1v) is 12.4. The Labute approximate surface area is 215 Å². The molecule has 0 aromatic heterocycles. The number of amides is 2. The molecule has 0 saturated carbocycles. The van der Waals surface area contributed by atoms with Crippen molar-refractivity contribution in [3.63, 3.8) is 0 Å². The summed E-state index contributed by atoms with van der Waals surface area (Å²) in [6, 6.07) is 2.88. The molecule has 1 aliphatic heterocycles. The Bertz CT molecular complexity index is 1330. The maximum absolute atomic E-state index is 13.8. The number of phenols is 1. The van der Waals surface area contributed by atoms with Gasteiger partial charge in [0.15, 0.2) is 11.6 Å². The van der Waals surface area contributed by atoms with Gasteiger partial charge in [-0.05, 0) is 52.5 Å². The Kier molecular flexibility index (Phi) is 5.69. The van der Waals surface area contributed by atoms with Crippen molar-refractivity contribution in [3.05, 3.63) is 52.1 Å².